The number of hydrogen-bond donors (Lipinski definition) is 7. The van der Waals surface area contributed by atoms with Crippen molar-refractivity contribution in [1.82, 2.24) is 16.0 Å². The minimum absolute atomic E-state index is 0.0850. The molecule has 0 radical (unpaired) electrons. The average Bonchev–Trinajstić information content (AvgIpc) is 2.70. The Balaban J connectivity index is 5.25. The molecule has 4 atom stereocenters. The molecule has 0 aliphatic carbocycles. The maximum Gasteiger partial charge on any atom is 0.327 e. The van der Waals surface area contributed by atoms with Gasteiger partial charge in [-0.05, 0) is 36.9 Å². The molecule has 0 aliphatic heterocycles. The fraction of sp³-hybridized carbons (Fsp3) is 0.750. The molecular weight excluding hydrogens is 456 g/mol. The Morgan fingerprint density at radius 2 is 1.24 bits per heavy atom. The molecule has 4 unspecified atom stereocenters. The Hall–Kier alpha value is -0.760. The quantitative estimate of drug-likeness (QED) is 0.149. The maximum absolute atomic E-state index is 12.7. The van der Waals surface area contributed by atoms with Crippen molar-refractivity contribution < 1.29 is 24.3 Å². The van der Waals surface area contributed by atoms with Crippen molar-refractivity contribution in [1.29, 1.82) is 0 Å². The van der Waals surface area contributed by atoms with E-state index in [0.29, 0.717) is 24.3 Å². The largest absolute Gasteiger partial charge is 0.480 e. The summed E-state index contributed by atoms with van der Waals surface area (Å²) in [7, 11) is 0. The summed E-state index contributed by atoms with van der Waals surface area (Å²) >= 11 is 10.9. The van der Waals surface area contributed by atoms with Crippen LogP contribution in [0, 0.1) is 0 Å². The molecule has 6 N–H and O–H groups in total. The van der Waals surface area contributed by atoms with E-state index >= 15 is 0 Å². The topological polar surface area (TPSA) is 151 Å². The second-order valence-corrected chi connectivity index (χ2v) is 8.76. The fourth-order valence-electron chi connectivity index (χ4n) is 2.10. The van der Waals surface area contributed by atoms with E-state index in [0.717, 1.165) is 0 Å². The van der Waals surface area contributed by atoms with E-state index in [1.165, 1.54) is 23.5 Å². The van der Waals surface area contributed by atoms with Gasteiger partial charge in [0, 0.05) is 11.5 Å². The lowest BCUT2D eigenvalue weighted by Gasteiger charge is -2.24. The zero-order valence-electron chi connectivity index (χ0n) is 16.4. The first kappa shape index (κ1) is 28.2. The number of carbonyl (C=O) groups excluding carboxylic acids is 3. The average molecular weight is 487 g/mol. The van der Waals surface area contributed by atoms with Gasteiger partial charge in [-0.1, -0.05) is 0 Å². The highest BCUT2D eigenvalue weighted by atomic mass is 32.2. The first-order valence-corrected chi connectivity index (χ1v) is 12.9. The van der Waals surface area contributed by atoms with Crippen LogP contribution in [-0.2, 0) is 19.2 Å². The molecule has 0 aromatic rings. The summed E-state index contributed by atoms with van der Waals surface area (Å²) in [5, 5.41) is 16.7. The lowest BCUT2D eigenvalue weighted by molar-refractivity contribution is -0.141. The molecule has 13 heteroatoms. The first-order chi connectivity index (χ1) is 13.7. The van der Waals surface area contributed by atoms with Gasteiger partial charge < -0.3 is 26.8 Å². The van der Waals surface area contributed by atoms with Crippen LogP contribution in [0.4, 0.5) is 0 Å². The third-order valence-corrected chi connectivity index (χ3v) is 5.86. The van der Waals surface area contributed by atoms with Gasteiger partial charge in [0.1, 0.15) is 18.1 Å². The van der Waals surface area contributed by atoms with Crippen molar-refractivity contribution in [3.05, 3.63) is 0 Å². The van der Waals surface area contributed by atoms with Gasteiger partial charge in [-0.25, -0.2) is 4.79 Å². The van der Waals surface area contributed by atoms with Gasteiger partial charge in [-0.15, -0.1) is 0 Å². The van der Waals surface area contributed by atoms with Crippen LogP contribution in [0.15, 0.2) is 0 Å². The van der Waals surface area contributed by atoms with Gasteiger partial charge in [0.2, 0.25) is 17.7 Å². The zero-order valence-corrected chi connectivity index (χ0v) is 19.8. The second kappa shape index (κ2) is 16.0. The van der Waals surface area contributed by atoms with E-state index in [-0.39, 0.29) is 11.5 Å². The molecule has 0 heterocycles. The molecule has 9 nitrogen and oxygen atoms in total. The highest BCUT2D eigenvalue weighted by Crippen LogP contribution is 2.06. The lowest BCUT2D eigenvalue weighted by Crippen LogP contribution is -2.57. The van der Waals surface area contributed by atoms with E-state index < -0.39 is 47.9 Å². The maximum atomic E-state index is 12.7. The van der Waals surface area contributed by atoms with Crippen molar-refractivity contribution in [3.8, 4) is 0 Å². The number of hydrogen-bond acceptors (Lipinski definition) is 9. The van der Waals surface area contributed by atoms with E-state index in [2.05, 4.69) is 41.2 Å². The molecule has 168 valence electrons. The standard InChI is InChI=1S/C16H30N4O5S4/c1-28-5-3-10(18-13(21)9(17)7-26)14(22)19-11(4-6-29-2)15(23)20-12(8-27)16(24)25/h9-12,26-27H,3-8,17H2,1-2H3,(H,18,21)(H,19,22)(H,20,23)(H,24,25). The summed E-state index contributed by atoms with van der Waals surface area (Å²) < 4.78 is 0. The molecule has 0 bridgehead atoms. The molecule has 0 aromatic heterocycles. The summed E-state index contributed by atoms with van der Waals surface area (Å²) in [5.74, 6) is -1.64. The van der Waals surface area contributed by atoms with Crippen LogP contribution in [0.5, 0.6) is 0 Å². The molecular formula is C16H30N4O5S4. The number of thiol groups is 2. The molecule has 3 amide bonds. The van der Waals surface area contributed by atoms with Gasteiger partial charge in [0.05, 0.1) is 6.04 Å². The number of carboxylic acid groups (broad SMARTS) is 1. The highest BCUT2D eigenvalue weighted by molar-refractivity contribution is 7.98. The summed E-state index contributed by atoms with van der Waals surface area (Å²) in [6, 6.07) is -3.83. The van der Waals surface area contributed by atoms with Crippen LogP contribution < -0.4 is 21.7 Å². The van der Waals surface area contributed by atoms with Gasteiger partial charge in [-0.2, -0.15) is 48.8 Å². The van der Waals surface area contributed by atoms with Crippen LogP contribution in [-0.4, -0.2) is 88.5 Å². The normalized spacial score (nSPS) is 14.9. The summed E-state index contributed by atoms with van der Waals surface area (Å²) in [4.78, 5) is 48.5. The number of thioether (sulfide) groups is 2. The van der Waals surface area contributed by atoms with Crippen molar-refractivity contribution in [2.75, 3.05) is 35.5 Å². The fourth-order valence-corrected chi connectivity index (χ4v) is 3.46. The molecule has 29 heavy (non-hydrogen) atoms. The van der Waals surface area contributed by atoms with Crippen LogP contribution in [0.2, 0.25) is 0 Å². The monoisotopic (exact) mass is 486 g/mol. The van der Waals surface area contributed by atoms with Crippen LogP contribution in [0.1, 0.15) is 12.8 Å². The Bertz CT molecular complexity index is 555. The van der Waals surface area contributed by atoms with E-state index in [9.17, 15) is 19.2 Å². The van der Waals surface area contributed by atoms with Crippen molar-refractivity contribution >= 4 is 72.5 Å². The first-order valence-electron chi connectivity index (χ1n) is 8.80. The number of carbonyl (C=O) groups is 4. The van der Waals surface area contributed by atoms with E-state index in [1.807, 2.05) is 12.5 Å². The summed E-state index contributed by atoms with van der Waals surface area (Å²) in [5.41, 5.74) is 5.65. The minimum atomic E-state index is -1.21. The van der Waals surface area contributed by atoms with Gasteiger partial charge in [0.25, 0.3) is 0 Å². The van der Waals surface area contributed by atoms with Crippen LogP contribution in [0.3, 0.4) is 0 Å². The molecule has 0 rings (SSSR count). The lowest BCUT2D eigenvalue weighted by atomic mass is 10.1. The third kappa shape index (κ3) is 11.3. The zero-order chi connectivity index (χ0) is 22.4. The Kier molecular flexibility index (Phi) is 15.6. The Morgan fingerprint density at radius 1 is 0.828 bits per heavy atom. The predicted molar refractivity (Wildman–Crippen MR) is 125 cm³/mol. The number of nitrogens with one attached hydrogen (secondary N) is 3. The summed E-state index contributed by atoms with van der Waals surface area (Å²) in [6.07, 6.45) is 4.37. The molecule has 0 saturated heterocycles. The van der Waals surface area contributed by atoms with Gasteiger partial charge in [0.15, 0.2) is 0 Å². The number of carboxylic acids is 1. The highest BCUT2D eigenvalue weighted by Gasteiger charge is 2.29. The van der Waals surface area contributed by atoms with Crippen molar-refractivity contribution in [3.63, 3.8) is 0 Å². The van der Waals surface area contributed by atoms with Gasteiger partial charge in [-0.3, -0.25) is 14.4 Å². The minimum Gasteiger partial charge on any atom is -0.480 e. The molecule has 0 aliphatic rings. The third-order valence-electron chi connectivity index (χ3n) is 3.82. The van der Waals surface area contributed by atoms with Crippen molar-refractivity contribution in [2.24, 2.45) is 5.73 Å². The number of rotatable bonds is 15. The Labute approximate surface area is 190 Å². The Morgan fingerprint density at radius 3 is 1.59 bits per heavy atom. The number of nitrogens with two attached hydrogens (primary N) is 1. The molecule has 0 aromatic carbocycles. The van der Waals surface area contributed by atoms with E-state index in [4.69, 9.17) is 10.8 Å². The van der Waals surface area contributed by atoms with E-state index in [1.54, 1.807) is 0 Å². The van der Waals surface area contributed by atoms with Crippen molar-refractivity contribution in [2.45, 2.75) is 37.0 Å². The molecule has 0 fully saturated rings. The SMILES string of the molecule is CSCCC(NC(=O)C(N)CS)C(=O)NC(CCSC)C(=O)NC(CS)C(=O)O. The summed E-state index contributed by atoms with van der Waals surface area (Å²) in [6.45, 7) is 0. The molecule has 0 spiro atoms. The van der Waals surface area contributed by atoms with Gasteiger partial charge >= 0.3 is 5.97 Å². The second-order valence-electron chi connectivity index (χ2n) is 6.06. The molecule has 0 saturated carbocycles. The number of aliphatic carboxylic acids is 1. The van der Waals surface area contributed by atoms with Crippen LogP contribution >= 0.6 is 48.8 Å². The predicted octanol–water partition coefficient (Wildman–Crippen LogP) is -0.781. The van der Waals surface area contributed by atoms with Crippen LogP contribution in [0.25, 0.3) is 0 Å². The number of amides is 3. The smallest absolute Gasteiger partial charge is 0.327 e.